The van der Waals surface area contributed by atoms with Crippen molar-refractivity contribution in [2.75, 3.05) is 38.7 Å². The number of pyridine rings is 1. The minimum Gasteiger partial charge on any atom is -0.497 e. The summed E-state index contributed by atoms with van der Waals surface area (Å²) in [6.45, 7) is -0.355. The second-order valence-electron chi connectivity index (χ2n) is 9.39. The molecule has 0 bridgehead atoms. The van der Waals surface area contributed by atoms with Crippen molar-refractivity contribution in [3.05, 3.63) is 60.6 Å². The van der Waals surface area contributed by atoms with Gasteiger partial charge in [0.1, 0.15) is 5.75 Å². The van der Waals surface area contributed by atoms with Crippen LogP contribution in [0.15, 0.2) is 65.5 Å². The van der Waals surface area contributed by atoms with Crippen LogP contribution in [0.1, 0.15) is 32.1 Å². The number of carbonyl (C=O) groups excluding carboxylic acids is 1. The Morgan fingerprint density at radius 3 is 2.61 bits per heavy atom. The lowest BCUT2D eigenvalue weighted by atomic mass is 9.86. The summed E-state index contributed by atoms with van der Waals surface area (Å²) in [5.74, 6) is 0.942. The highest BCUT2D eigenvalue weighted by atomic mass is 32.2. The number of allylic oxidation sites excluding steroid dienone is 1. The molecule has 1 aliphatic heterocycles. The van der Waals surface area contributed by atoms with E-state index in [-0.39, 0.29) is 48.8 Å². The van der Waals surface area contributed by atoms with Gasteiger partial charge in [-0.1, -0.05) is 12.8 Å². The molecule has 206 valence electrons. The first-order chi connectivity index (χ1) is 18.4. The zero-order chi connectivity index (χ0) is 27.0. The number of anilines is 1. The molecule has 1 aromatic heterocycles. The number of methoxy groups -OCH3 is 1. The Morgan fingerprint density at radius 2 is 1.95 bits per heavy atom. The number of benzene rings is 1. The van der Waals surface area contributed by atoms with Crippen LogP contribution in [0, 0.1) is 11.8 Å². The van der Waals surface area contributed by atoms with Crippen molar-refractivity contribution in [3.8, 4) is 5.75 Å². The van der Waals surface area contributed by atoms with Crippen LogP contribution in [0.5, 0.6) is 5.75 Å². The topological polar surface area (TPSA) is 127 Å². The number of nitrogens with zero attached hydrogens (tertiary/aromatic N) is 2. The van der Waals surface area contributed by atoms with Crippen LogP contribution in [0.2, 0.25) is 0 Å². The van der Waals surface area contributed by atoms with Crippen LogP contribution < -0.4 is 10.1 Å². The maximum Gasteiger partial charge on any atom is 0.290 e. The van der Waals surface area contributed by atoms with E-state index in [2.05, 4.69) is 10.3 Å². The average molecular weight is 546 g/mol. The Kier molecular flexibility index (Phi) is 9.73. The van der Waals surface area contributed by atoms with Crippen molar-refractivity contribution in [2.45, 2.75) is 43.3 Å². The number of aromatic nitrogens is 1. The van der Waals surface area contributed by atoms with Gasteiger partial charge in [0.15, 0.2) is 5.76 Å². The molecule has 38 heavy (non-hydrogen) atoms. The molecule has 1 aromatic carbocycles. The molecule has 2 heterocycles. The van der Waals surface area contributed by atoms with E-state index in [1.165, 1.54) is 23.5 Å². The molecule has 0 radical (unpaired) electrons. The first kappa shape index (κ1) is 28.0. The van der Waals surface area contributed by atoms with Crippen LogP contribution >= 0.6 is 0 Å². The van der Waals surface area contributed by atoms with Gasteiger partial charge in [-0.25, -0.2) is 8.42 Å². The lowest BCUT2D eigenvalue weighted by Gasteiger charge is -2.32. The van der Waals surface area contributed by atoms with E-state index >= 15 is 0 Å². The number of ether oxygens (including phenoxy) is 3. The van der Waals surface area contributed by atoms with Gasteiger partial charge in [-0.3, -0.25) is 9.78 Å². The lowest BCUT2D eigenvalue weighted by molar-refractivity contribution is -0.148. The van der Waals surface area contributed by atoms with Gasteiger partial charge in [0.2, 0.25) is 16.3 Å². The highest BCUT2D eigenvalue weighted by molar-refractivity contribution is 7.89. The summed E-state index contributed by atoms with van der Waals surface area (Å²) >= 11 is 0. The lowest BCUT2D eigenvalue weighted by Crippen LogP contribution is -2.38. The number of hydrogen-bond acceptors (Lipinski definition) is 8. The van der Waals surface area contributed by atoms with E-state index < -0.39 is 16.3 Å². The zero-order valence-corrected chi connectivity index (χ0v) is 22.3. The monoisotopic (exact) mass is 545 g/mol. The molecule has 0 saturated heterocycles. The first-order valence-electron chi connectivity index (χ1n) is 12.9. The molecule has 0 spiro atoms. The predicted molar refractivity (Wildman–Crippen MR) is 141 cm³/mol. The second kappa shape index (κ2) is 13.2. The molecule has 1 aliphatic carbocycles. The summed E-state index contributed by atoms with van der Waals surface area (Å²) < 4.78 is 44.5. The Balaban J connectivity index is 1.41. The number of aliphatic hydroxyl groups excluding tert-OH is 1. The zero-order valence-electron chi connectivity index (χ0n) is 21.5. The highest BCUT2D eigenvalue weighted by Gasteiger charge is 2.34. The molecule has 1 saturated carbocycles. The van der Waals surface area contributed by atoms with Crippen molar-refractivity contribution in [1.29, 1.82) is 0 Å². The van der Waals surface area contributed by atoms with Crippen molar-refractivity contribution in [3.63, 3.8) is 0 Å². The Hall–Kier alpha value is -2.99. The molecule has 1 amide bonds. The maximum absolute atomic E-state index is 13.2. The largest absolute Gasteiger partial charge is 0.497 e. The third kappa shape index (κ3) is 7.10. The molecule has 10 nitrogen and oxygen atoms in total. The summed E-state index contributed by atoms with van der Waals surface area (Å²) in [6.07, 6.45) is 9.48. The van der Waals surface area contributed by atoms with E-state index in [9.17, 15) is 18.3 Å². The first-order valence-corrected chi connectivity index (χ1v) is 14.3. The Morgan fingerprint density at radius 1 is 1.18 bits per heavy atom. The third-order valence-electron chi connectivity index (χ3n) is 6.93. The van der Waals surface area contributed by atoms with E-state index in [0.29, 0.717) is 23.8 Å². The molecule has 1 fully saturated rings. The fraction of sp³-hybridized carbons (Fsp3) is 0.481. The van der Waals surface area contributed by atoms with Crippen molar-refractivity contribution in [2.24, 2.45) is 11.8 Å². The second-order valence-corrected chi connectivity index (χ2v) is 11.3. The third-order valence-corrected chi connectivity index (χ3v) is 8.84. The quantitative estimate of drug-likeness (QED) is 0.416. The minimum atomic E-state index is -3.86. The summed E-state index contributed by atoms with van der Waals surface area (Å²) in [5.41, 5.74) is 0.561. The van der Waals surface area contributed by atoms with Crippen molar-refractivity contribution >= 4 is 21.6 Å². The molecule has 2 aromatic rings. The van der Waals surface area contributed by atoms with Gasteiger partial charge < -0.3 is 24.6 Å². The van der Waals surface area contributed by atoms with Crippen LogP contribution in [0.4, 0.5) is 5.69 Å². The van der Waals surface area contributed by atoms with Crippen molar-refractivity contribution < 1.29 is 32.5 Å². The summed E-state index contributed by atoms with van der Waals surface area (Å²) in [6, 6.07) is 9.56. The fourth-order valence-electron chi connectivity index (χ4n) is 4.93. The van der Waals surface area contributed by atoms with Gasteiger partial charge >= 0.3 is 0 Å². The highest BCUT2D eigenvalue weighted by Crippen LogP contribution is 2.38. The molecule has 11 heteroatoms. The van der Waals surface area contributed by atoms with Crippen LogP contribution in [-0.2, 0) is 24.3 Å². The van der Waals surface area contributed by atoms with E-state index in [0.717, 1.165) is 25.7 Å². The van der Waals surface area contributed by atoms with Gasteiger partial charge in [0, 0.05) is 25.7 Å². The van der Waals surface area contributed by atoms with Gasteiger partial charge in [-0.2, -0.15) is 4.31 Å². The Bertz CT molecular complexity index is 1180. The van der Waals surface area contributed by atoms with Crippen LogP contribution in [0.3, 0.4) is 0 Å². The van der Waals surface area contributed by atoms with Gasteiger partial charge in [0.25, 0.3) is 5.91 Å². The maximum atomic E-state index is 13.2. The van der Waals surface area contributed by atoms with Gasteiger partial charge in [-0.05, 0) is 67.2 Å². The molecular weight excluding hydrogens is 510 g/mol. The predicted octanol–water partition coefficient (Wildman–Crippen LogP) is 3.17. The SMILES string of the molecule is COc1ccc(S(=O)(=O)N(CCO)CCO[C@H]2C[C@@H](C3CCCC3)C=C(C(=O)Nc3cccnc3)O2)cc1. The number of aliphatic hydroxyl groups is 1. The average Bonchev–Trinajstić information content (AvgIpc) is 3.48. The smallest absolute Gasteiger partial charge is 0.290 e. The fourth-order valence-corrected chi connectivity index (χ4v) is 6.35. The molecule has 2 aliphatic rings. The summed E-state index contributed by atoms with van der Waals surface area (Å²) in [7, 11) is -2.35. The standard InChI is InChI=1S/C27H35N3O7S/c1-35-23-8-10-24(11-9-23)38(33,34)30(13-15-31)14-16-36-26-18-21(20-5-2-3-6-20)17-25(37-26)27(32)29-22-7-4-12-28-19-22/h4,7-12,17,19-21,26,31H,2-3,5-6,13-16,18H2,1H3,(H,29,32)/t21-,26+/m0/s1. The summed E-state index contributed by atoms with van der Waals surface area (Å²) in [5, 5.41) is 12.3. The normalized spacial score (nSPS) is 20.1. The van der Waals surface area contributed by atoms with Crippen LogP contribution in [-0.4, -0.2) is 68.4 Å². The number of amides is 1. The number of nitrogens with one attached hydrogen (secondary N) is 1. The molecule has 2 atom stereocenters. The molecule has 4 rings (SSSR count). The number of carbonyl (C=O) groups is 1. The van der Waals surface area contributed by atoms with Crippen LogP contribution in [0.25, 0.3) is 0 Å². The van der Waals surface area contributed by atoms with Gasteiger partial charge in [-0.15, -0.1) is 0 Å². The molecule has 2 N–H and O–H groups in total. The van der Waals surface area contributed by atoms with E-state index in [1.807, 2.05) is 6.08 Å². The van der Waals surface area contributed by atoms with E-state index in [4.69, 9.17) is 14.2 Å². The number of sulfonamides is 1. The number of rotatable bonds is 12. The summed E-state index contributed by atoms with van der Waals surface area (Å²) in [4.78, 5) is 17.1. The van der Waals surface area contributed by atoms with Crippen molar-refractivity contribution in [1.82, 2.24) is 9.29 Å². The molecular formula is C27H35N3O7S. The minimum absolute atomic E-state index is 0.0177. The molecule has 0 unspecified atom stereocenters. The van der Waals surface area contributed by atoms with Gasteiger partial charge in [0.05, 0.1) is 37.1 Å². The number of hydrogen-bond donors (Lipinski definition) is 2. The Labute approximate surface area is 223 Å². The van der Waals surface area contributed by atoms with E-state index in [1.54, 1.807) is 36.7 Å².